The fraction of sp³-hybridized carbons (Fsp3) is 0.556. The van der Waals surface area contributed by atoms with Gasteiger partial charge in [-0.05, 0) is 19.8 Å². The van der Waals surface area contributed by atoms with Crippen molar-refractivity contribution in [3.63, 3.8) is 0 Å². The molecular weight excluding hydrogens is 327 g/mol. The summed E-state index contributed by atoms with van der Waals surface area (Å²) in [5, 5.41) is 0.561. The van der Waals surface area contributed by atoms with E-state index in [1.165, 1.54) is 0 Å². The fourth-order valence-electron chi connectivity index (χ4n) is 2.48. The van der Waals surface area contributed by atoms with Gasteiger partial charge in [-0.2, -0.15) is 0 Å². The van der Waals surface area contributed by atoms with Crippen molar-refractivity contribution >= 4 is 13.4 Å². The monoisotopic (exact) mass is 354 g/mol. The topological polar surface area (TPSA) is 54.0 Å². The molecule has 0 aliphatic carbocycles. The first-order valence-electron chi connectivity index (χ1n) is 8.46. The summed E-state index contributed by atoms with van der Waals surface area (Å²) in [5.41, 5.74) is 0.850. The van der Waals surface area contributed by atoms with E-state index in [1.54, 1.807) is 13.8 Å². The normalized spacial score (nSPS) is 18.3. The highest BCUT2D eigenvalue weighted by atomic mass is 31.2. The van der Waals surface area contributed by atoms with Crippen LogP contribution in [0.25, 0.3) is 5.76 Å². The lowest BCUT2D eigenvalue weighted by Crippen LogP contribution is -2.15. The molecule has 0 saturated carbocycles. The first-order valence-corrected chi connectivity index (χ1v) is 10.0. The van der Waals surface area contributed by atoms with Crippen LogP contribution in [0, 0.1) is 5.92 Å². The molecule has 1 aliphatic heterocycles. The van der Waals surface area contributed by atoms with E-state index in [0.717, 1.165) is 5.56 Å². The highest BCUT2D eigenvalue weighted by Crippen LogP contribution is 2.62. The van der Waals surface area contributed by atoms with E-state index in [-0.39, 0.29) is 0 Å². The summed E-state index contributed by atoms with van der Waals surface area (Å²) in [4.78, 5) is 0. The molecule has 1 unspecified atom stereocenters. The van der Waals surface area contributed by atoms with E-state index >= 15 is 0 Å². The van der Waals surface area contributed by atoms with E-state index in [9.17, 15) is 4.57 Å². The van der Waals surface area contributed by atoms with Gasteiger partial charge in [0, 0.05) is 12.0 Å². The van der Waals surface area contributed by atoms with E-state index < -0.39 is 13.9 Å². The number of hydrogen-bond acceptors (Lipinski definition) is 5. The third kappa shape index (κ3) is 4.70. The lowest BCUT2D eigenvalue weighted by atomic mass is 10.2. The smallest absolute Gasteiger partial charge is 0.361 e. The van der Waals surface area contributed by atoms with Crippen LogP contribution in [0.4, 0.5) is 0 Å². The third-order valence-corrected chi connectivity index (χ3v) is 5.69. The Bertz CT molecular complexity index is 587. The van der Waals surface area contributed by atoms with Gasteiger partial charge >= 0.3 is 7.60 Å². The average Bonchev–Trinajstić information content (AvgIpc) is 2.99. The van der Waals surface area contributed by atoms with Crippen LogP contribution in [0.3, 0.4) is 0 Å². The number of hydrogen-bond donors (Lipinski definition) is 0. The van der Waals surface area contributed by atoms with Crippen LogP contribution >= 0.6 is 7.60 Å². The molecule has 1 heterocycles. The van der Waals surface area contributed by atoms with Crippen molar-refractivity contribution < 1.29 is 23.1 Å². The molecule has 1 aliphatic rings. The molecule has 0 saturated heterocycles. The van der Waals surface area contributed by atoms with E-state index in [0.29, 0.717) is 43.2 Å². The van der Waals surface area contributed by atoms with Crippen molar-refractivity contribution in [2.24, 2.45) is 5.92 Å². The van der Waals surface area contributed by atoms with Gasteiger partial charge in [0.15, 0.2) is 0 Å². The van der Waals surface area contributed by atoms with Gasteiger partial charge in [-0.25, -0.2) is 0 Å². The Balaban J connectivity index is 2.34. The van der Waals surface area contributed by atoms with Gasteiger partial charge in [-0.3, -0.25) is 4.57 Å². The minimum atomic E-state index is -3.40. The molecule has 0 radical (unpaired) electrons. The molecule has 0 spiro atoms. The molecule has 1 aromatic carbocycles. The van der Waals surface area contributed by atoms with Gasteiger partial charge in [-0.15, -0.1) is 0 Å². The van der Waals surface area contributed by atoms with Crippen molar-refractivity contribution in [1.29, 1.82) is 0 Å². The van der Waals surface area contributed by atoms with Crippen LogP contribution in [-0.2, 0) is 23.1 Å². The van der Waals surface area contributed by atoms with Crippen molar-refractivity contribution in [3.8, 4) is 0 Å². The minimum Gasteiger partial charge on any atom is -0.463 e. The molecule has 134 valence electrons. The van der Waals surface area contributed by atoms with Gasteiger partial charge in [0.25, 0.3) is 0 Å². The predicted molar refractivity (Wildman–Crippen MR) is 94.5 cm³/mol. The molecule has 0 aromatic heterocycles. The Kier molecular flexibility index (Phi) is 7.05. The molecule has 0 amide bonds. The van der Waals surface area contributed by atoms with Crippen LogP contribution in [-0.4, -0.2) is 26.1 Å². The SMILES string of the molecule is CCOP(=O)(OCC)C1=C(c2ccccc2)OC(OCC(C)C)C1. The molecule has 2 rings (SSSR count). The second-order valence-electron chi connectivity index (χ2n) is 5.95. The average molecular weight is 354 g/mol. The Morgan fingerprint density at radius 1 is 1.17 bits per heavy atom. The first-order chi connectivity index (χ1) is 11.5. The number of rotatable bonds is 9. The molecule has 5 nitrogen and oxygen atoms in total. The molecule has 0 N–H and O–H groups in total. The van der Waals surface area contributed by atoms with Crippen LogP contribution in [0.5, 0.6) is 0 Å². The van der Waals surface area contributed by atoms with E-state index in [1.807, 2.05) is 30.3 Å². The second kappa shape index (κ2) is 8.82. The Labute approximate surface area is 144 Å². The molecule has 0 bridgehead atoms. The van der Waals surface area contributed by atoms with E-state index in [4.69, 9.17) is 18.5 Å². The second-order valence-corrected chi connectivity index (χ2v) is 8.00. The zero-order valence-corrected chi connectivity index (χ0v) is 15.8. The van der Waals surface area contributed by atoms with Gasteiger partial charge in [-0.1, -0.05) is 44.2 Å². The lowest BCUT2D eigenvalue weighted by Gasteiger charge is -2.18. The predicted octanol–water partition coefficient (Wildman–Crippen LogP) is 5.04. The van der Waals surface area contributed by atoms with Crippen molar-refractivity contribution in [3.05, 3.63) is 41.2 Å². The fourth-order valence-corrected chi connectivity index (χ4v) is 4.35. The zero-order chi connectivity index (χ0) is 17.6. The Hall–Kier alpha value is -1.13. The first kappa shape index (κ1) is 19.2. The Morgan fingerprint density at radius 3 is 2.33 bits per heavy atom. The van der Waals surface area contributed by atoms with Gasteiger partial charge in [0.2, 0.25) is 6.29 Å². The summed E-state index contributed by atoms with van der Waals surface area (Å²) < 4.78 is 36.1. The number of ether oxygens (including phenoxy) is 2. The summed E-state index contributed by atoms with van der Waals surface area (Å²) in [6.07, 6.45) is -0.0827. The third-order valence-electron chi connectivity index (χ3n) is 3.45. The molecule has 24 heavy (non-hydrogen) atoms. The maximum atomic E-state index is 13.2. The molecule has 6 heteroatoms. The minimum absolute atomic E-state index is 0.306. The van der Waals surface area contributed by atoms with Crippen molar-refractivity contribution in [2.45, 2.75) is 40.4 Å². The molecular formula is C18H27O5P. The van der Waals surface area contributed by atoms with Crippen molar-refractivity contribution in [2.75, 3.05) is 19.8 Å². The van der Waals surface area contributed by atoms with Gasteiger partial charge < -0.3 is 18.5 Å². The maximum absolute atomic E-state index is 13.2. The van der Waals surface area contributed by atoms with Crippen LogP contribution in [0.1, 0.15) is 39.7 Å². The summed E-state index contributed by atoms with van der Waals surface area (Å²) in [6, 6.07) is 9.59. The summed E-state index contributed by atoms with van der Waals surface area (Å²) in [6.45, 7) is 8.95. The highest BCUT2D eigenvalue weighted by molar-refractivity contribution is 7.58. The number of benzene rings is 1. The molecule has 0 fully saturated rings. The lowest BCUT2D eigenvalue weighted by molar-refractivity contribution is -0.0922. The molecule has 1 aromatic rings. The van der Waals surface area contributed by atoms with Crippen molar-refractivity contribution in [1.82, 2.24) is 0 Å². The quantitative estimate of drug-likeness (QED) is 0.582. The van der Waals surface area contributed by atoms with Crippen LogP contribution in [0.15, 0.2) is 35.6 Å². The zero-order valence-electron chi connectivity index (χ0n) is 14.9. The summed E-state index contributed by atoms with van der Waals surface area (Å²) in [5.74, 6) is 0.943. The van der Waals surface area contributed by atoms with Gasteiger partial charge in [0.1, 0.15) is 5.76 Å². The van der Waals surface area contributed by atoms with E-state index in [2.05, 4.69) is 13.8 Å². The van der Waals surface area contributed by atoms with Crippen LogP contribution < -0.4 is 0 Å². The maximum Gasteiger partial charge on any atom is 0.361 e. The highest BCUT2D eigenvalue weighted by Gasteiger charge is 2.41. The summed E-state index contributed by atoms with van der Waals surface area (Å²) in [7, 11) is -3.40. The van der Waals surface area contributed by atoms with Crippen LogP contribution in [0.2, 0.25) is 0 Å². The largest absolute Gasteiger partial charge is 0.463 e. The summed E-state index contributed by atoms with van der Waals surface area (Å²) >= 11 is 0. The standard InChI is InChI=1S/C18H27O5P/c1-5-21-24(19,22-6-2)16-12-17(20-13-14(3)4)23-18(16)15-10-8-7-9-11-15/h7-11,14,17H,5-6,12-13H2,1-4H3. The Morgan fingerprint density at radius 2 is 1.79 bits per heavy atom. The van der Waals surface area contributed by atoms with Gasteiger partial charge in [0.05, 0.1) is 25.1 Å². The molecule has 1 atom stereocenters.